The normalized spacial score (nSPS) is 38.1. The summed E-state index contributed by atoms with van der Waals surface area (Å²) in [4.78, 5) is 10.3. The Kier molecular flexibility index (Phi) is 2.08. The van der Waals surface area contributed by atoms with Gasteiger partial charge in [0.2, 0.25) is 6.54 Å². The van der Waals surface area contributed by atoms with Gasteiger partial charge < -0.3 is 0 Å². The van der Waals surface area contributed by atoms with Crippen molar-refractivity contribution in [1.82, 2.24) is 0 Å². The summed E-state index contributed by atoms with van der Waals surface area (Å²) < 4.78 is 0. The number of nitro groups is 1. The van der Waals surface area contributed by atoms with Crippen LogP contribution in [0.1, 0.15) is 32.1 Å². The topological polar surface area (TPSA) is 43.1 Å². The molecule has 0 N–H and O–H groups in total. The zero-order valence-electron chi connectivity index (χ0n) is 8.89. The van der Waals surface area contributed by atoms with Gasteiger partial charge in [-0.05, 0) is 49.9 Å². The van der Waals surface area contributed by atoms with Crippen molar-refractivity contribution >= 4 is 0 Å². The number of rotatable bonds is 4. The average molecular weight is 207 g/mol. The van der Waals surface area contributed by atoms with Crippen LogP contribution in [0.3, 0.4) is 0 Å². The smallest absolute Gasteiger partial charge is 0.207 e. The quantitative estimate of drug-likeness (QED) is 0.404. The molecule has 0 heterocycles. The van der Waals surface area contributed by atoms with Gasteiger partial charge >= 0.3 is 0 Å². The molecule has 15 heavy (non-hydrogen) atoms. The van der Waals surface area contributed by atoms with Gasteiger partial charge in [-0.3, -0.25) is 10.1 Å². The van der Waals surface area contributed by atoms with Crippen molar-refractivity contribution < 1.29 is 4.92 Å². The molecular formula is C12H17NO2. The SMILES string of the molecule is O=[N+]([O-])CC1CC2CC(CC3CC3)=CC21. The lowest BCUT2D eigenvalue weighted by atomic mass is 9.66. The van der Waals surface area contributed by atoms with Gasteiger partial charge in [0.1, 0.15) is 0 Å². The summed E-state index contributed by atoms with van der Waals surface area (Å²) in [5, 5.41) is 10.4. The fraction of sp³-hybridized carbons (Fsp3) is 0.833. The predicted octanol–water partition coefficient (Wildman–Crippen LogP) is 2.65. The highest BCUT2D eigenvalue weighted by atomic mass is 16.6. The minimum atomic E-state index is -0.145. The highest BCUT2D eigenvalue weighted by molar-refractivity contribution is 5.20. The van der Waals surface area contributed by atoms with Gasteiger partial charge in [0.05, 0.1) is 0 Å². The van der Waals surface area contributed by atoms with E-state index in [0.717, 1.165) is 18.3 Å². The molecular weight excluding hydrogens is 190 g/mol. The lowest BCUT2D eigenvalue weighted by molar-refractivity contribution is -0.493. The summed E-state index contributed by atoms with van der Waals surface area (Å²) in [5.41, 5.74) is 1.61. The van der Waals surface area contributed by atoms with Crippen molar-refractivity contribution in [2.75, 3.05) is 6.54 Å². The molecule has 0 amide bonds. The largest absolute Gasteiger partial charge is 0.265 e. The highest BCUT2D eigenvalue weighted by Crippen LogP contribution is 2.52. The summed E-state index contributed by atoms with van der Waals surface area (Å²) >= 11 is 0. The van der Waals surface area contributed by atoms with Gasteiger partial charge in [0, 0.05) is 10.8 Å². The van der Waals surface area contributed by atoms with Crippen molar-refractivity contribution in [1.29, 1.82) is 0 Å². The third-order valence-corrected chi connectivity index (χ3v) is 4.28. The van der Waals surface area contributed by atoms with E-state index in [1.807, 2.05) is 0 Å². The third-order valence-electron chi connectivity index (χ3n) is 4.28. The molecule has 0 radical (unpaired) electrons. The molecule has 0 spiro atoms. The number of nitrogens with zero attached hydrogens (tertiary/aromatic N) is 1. The number of allylic oxidation sites excluding steroid dienone is 2. The minimum absolute atomic E-state index is 0.145. The van der Waals surface area contributed by atoms with E-state index in [0.29, 0.717) is 11.8 Å². The Morgan fingerprint density at radius 1 is 1.47 bits per heavy atom. The summed E-state index contributed by atoms with van der Waals surface area (Å²) in [5.74, 6) is 2.64. The molecule has 0 aliphatic heterocycles. The first-order valence-electron chi connectivity index (χ1n) is 6.03. The van der Waals surface area contributed by atoms with Gasteiger partial charge in [-0.25, -0.2) is 0 Å². The van der Waals surface area contributed by atoms with Crippen LogP contribution in [0.4, 0.5) is 0 Å². The van der Waals surface area contributed by atoms with Crippen molar-refractivity contribution in [2.24, 2.45) is 23.7 Å². The van der Waals surface area contributed by atoms with Crippen LogP contribution in [0, 0.1) is 33.8 Å². The van der Waals surface area contributed by atoms with Crippen LogP contribution in [-0.4, -0.2) is 11.5 Å². The summed E-state index contributed by atoms with van der Waals surface area (Å²) in [6.07, 6.45) is 8.82. The van der Waals surface area contributed by atoms with E-state index >= 15 is 0 Å². The summed E-state index contributed by atoms with van der Waals surface area (Å²) in [6.45, 7) is 0.189. The molecule has 3 atom stereocenters. The Morgan fingerprint density at radius 3 is 2.93 bits per heavy atom. The van der Waals surface area contributed by atoms with Crippen molar-refractivity contribution in [3.8, 4) is 0 Å². The van der Waals surface area contributed by atoms with Crippen LogP contribution in [-0.2, 0) is 0 Å². The van der Waals surface area contributed by atoms with Crippen LogP contribution in [0.5, 0.6) is 0 Å². The lowest BCUT2D eigenvalue weighted by Crippen LogP contribution is -2.37. The molecule has 3 aliphatic carbocycles. The highest BCUT2D eigenvalue weighted by Gasteiger charge is 2.46. The number of hydrogen-bond acceptors (Lipinski definition) is 2. The fourth-order valence-corrected chi connectivity index (χ4v) is 3.29. The molecule has 3 aliphatic rings. The van der Waals surface area contributed by atoms with Gasteiger partial charge in [-0.1, -0.05) is 11.6 Å². The molecule has 0 bridgehead atoms. The monoisotopic (exact) mass is 207 g/mol. The maximum Gasteiger partial charge on any atom is 0.207 e. The van der Waals surface area contributed by atoms with E-state index in [1.54, 1.807) is 5.57 Å². The first-order chi connectivity index (χ1) is 7.22. The van der Waals surface area contributed by atoms with E-state index in [-0.39, 0.29) is 11.5 Å². The molecule has 3 rings (SSSR count). The van der Waals surface area contributed by atoms with Gasteiger partial charge in [0.15, 0.2) is 0 Å². The Labute approximate surface area is 89.7 Å². The van der Waals surface area contributed by atoms with Crippen LogP contribution in [0.15, 0.2) is 11.6 Å². The van der Waals surface area contributed by atoms with Crippen LogP contribution in [0.25, 0.3) is 0 Å². The second-order valence-electron chi connectivity index (χ2n) is 5.53. The Morgan fingerprint density at radius 2 is 2.27 bits per heavy atom. The molecule has 2 fully saturated rings. The average Bonchev–Trinajstić information content (AvgIpc) is 2.89. The van der Waals surface area contributed by atoms with E-state index in [1.165, 1.54) is 25.7 Å². The van der Waals surface area contributed by atoms with E-state index in [2.05, 4.69) is 6.08 Å². The van der Waals surface area contributed by atoms with Crippen LogP contribution >= 0.6 is 0 Å². The van der Waals surface area contributed by atoms with Crippen molar-refractivity contribution in [2.45, 2.75) is 32.1 Å². The zero-order chi connectivity index (χ0) is 10.4. The number of hydrogen-bond donors (Lipinski definition) is 0. The third kappa shape index (κ3) is 1.80. The maximum absolute atomic E-state index is 10.4. The second kappa shape index (κ2) is 3.32. The molecule has 3 heteroatoms. The van der Waals surface area contributed by atoms with Crippen molar-refractivity contribution in [3.63, 3.8) is 0 Å². The number of fused-ring (bicyclic) bond motifs is 1. The van der Waals surface area contributed by atoms with Crippen LogP contribution < -0.4 is 0 Å². The molecule has 82 valence electrons. The second-order valence-corrected chi connectivity index (χ2v) is 5.53. The summed E-state index contributed by atoms with van der Waals surface area (Å²) in [7, 11) is 0. The first-order valence-corrected chi connectivity index (χ1v) is 6.03. The first kappa shape index (κ1) is 9.37. The van der Waals surface area contributed by atoms with Crippen molar-refractivity contribution in [3.05, 3.63) is 21.8 Å². The van der Waals surface area contributed by atoms with E-state index in [9.17, 15) is 10.1 Å². The molecule has 3 nitrogen and oxygen atoms in total. The Bertz CT molecular complexity index is 320. The standard InChI is InChI=1S/C12H17NO2/c14-13(15)7-11-6-10-4-9(5-12(10)11)3-8-1-2-8/h5,8,10-12H,1-4,6-7H2. The molecule has 0 saturated heterocycles. The molecule has 0 aromatic rings. The molecule has 2 saturated carbocycles. The fourth-order valence-electron chi connectivity index (χ4n) is 3.29. The van der Waals surface area contributed by atoms with E-state index in [4.69, 9.17) is 0 Å². The Balaban J connectivity index is 1.57. The Hall–Kier alpha value is -0.860. The van der Waals surface area contributed by atoms with E-state index < -0.39 is 0 Å². The molecule has 3 unspecified atom stereocenters. The molecule has 0 aromatic carbocycles. The zero-order valence-corrected chi connectivity index (χ0v) is 8.89. The van der Waals surface area contributed by atoms with Gasteiger partial charge in [-0.15, -0.1) is 0 Å². The predicted molar refractivity (Wildman–Crippen MR) is 57.0 cm³/mol. The van der Waals surface area contributed by atoms with Gasteiger partial charge in [-0.2, -0.15) is 0 Å². The summed E-state index contributed by atoms with van der Waals surface area (Å²) in [6, 6.07) is 0. The van der Waals surface area contributed by atoms with Gasteiger partial charge in [0.25, 0.3) is 0 Å². The lowest BCUT2D eigenvalue weighted by Gasteiger charge is -2.37. The van der Waals surface area contributed by atoms with Crippen LogP contribution in [0.2, 0.25) is 0 Å². The molecule has 0 aromatic heterocycles. The maximum atomic E-state index is 10.4. The minimum Gasteiger partial charge on any atom is -0.265 e.